The Kier molecular flexibility index (Phi) is 4.78. The maximum absolute atomic E-state index is 12.9. The predicted molar refractivity (Wildman–Crippen MR) is 102 cm³/mol. The number of aryl methyl sites for hydroxylation is 2. The van der Waals surface area contributed by atoms with E-state index in [-0.39, 0.29) is 11.5 Å². The van der Waals surface area contributed by atoms with Crippen LogP contribution in [0.4, 0.5) is 5.82 Å². The molecule has 2 aromatic rings. The summed E-state index contributed by atoms with van der Waals surface area (Å²) in [7, 11) is 0. The van der Waals surface area contributed by atoms with Crippen molar-refractivity contribution in [3.8, 4) is 0 Å². The third-order valence-electron chi connectivity index (χ3n) is 5.43. The highest BCUT2D eigenvalue weighted by Crippen LogP contribution is 2.32. The standard InChI is InChI=1S/C20H25N5O2/c1-15-4-3-5-17(21-15)19(26)25-12-13-27-20(14-25)8-10-24(11-9-20)18-7-6-16(2)22-23-18/h3-7H,8-14H2,1-2H3. The van der Waals surface area contributed by atoms with E-state index in [0.29, 0.717) is 25.4 Å². The van der Waals surface area contributed by atoms with Crippen LogP contribution in [0.5, 0.6) is 0 Å². The van der Waals surface area contributed by atoms with E-state index in [9.17, 15) is 4.79 Å². The molecule has 7 heteroatoms. The monoisotopic (exact) mass is 367 g/mol. The van der Waals surface area contributed by atoms with Crippen molar-refractivity contribution in [3.05, 3.63) is 47.4 Å². The van der Waals surface area contributed by atoms with Crippen molar-refractivity contribution in [2.45, 2.75) is 32.3 Å². The first kappa shape index (κ1) is 17.9. The van der Waals surface area contributed by atoms with E-state index < -0.39 is 0 Å². The molecule has 142 valence electrons. The van der Waals surface area contributed by atoms with Crippen molar-refractivity contribution in [2.24, 2.45) is 0 Å². The molecule has 2 saturated heterocycles. The molecule has 4 heterocycles. The first-order valence-corrected chi connectivity index (χ1v) is 9.47. The van der Waals surface area contributed by atoms with Crippen LogP contribution in [0.3, 0.4) is 0 Å². The fourth-order valence-corrected chi connectivity index (χ4v) is 3.85. The van der Waals surface area contributed by atoms with E-state index in [1.54, 1.807) is 6.07 Å². The number of rotatable bonds is 2. The van der Waals surface area contributed by atoms with Crippen LogP contribution in [0.15, 0.2) is 30.3 Å². The number of nitrogens with zero attached hydrogens (tertiary/aromatic N) is 5. The van der Waals surface area contributed by atoms with Crippen LogP contribution < -0.4 is 4.90 Å². The van der Waals surface area contributed by atoms with Gasteiger partial charge in [-0.15, -0.1) is 5.10 Å². The van der Waals surface area contributed by atoms with E-state index in [0.717, 1.165) is 43.1 Å². The zero-order valence-corrected chi connectivity index (χ0v) is 15.9. The first-order chi connectivity index (χ1) is 13.0. The second kappa shape index (κ2) is 7.23. The number of anilines is 1. The summed E-state index contributed by atoms with van der Waals surface area (Å²) in [6.07, 6.45) is 1.74. The molecule has 27 heavy (non-hydrogen) atoms. The van der Waals surface area contributed by atoms with Gasteiger partial charge in [-0.05, 0) is 51.0 Å². The highest BCUT2D eigenvalue weighted by molar-refractivity contribution is 5.92. The number of amides is 1. The molecule has 0 radical (unpaired) electrons. The van der Waals surface area contributed by atoms with Gasteiger partial charge in [0.2, 0.25) is 0 Å². The van der Waals surface area contributed by atoms with Gasteiger partial charge < -0.3 is 14.5 Å². The van der Waals surface area contributed by atoms with Crippen LogP contribution in [0, 0.1) is 13.8 Å². The summed E-state index contributed by atoms with van der Waals surface area (Å²) in [6, 6.07) is 9.57. The van der Waals surface area contributed by atoms with E-state index in [4.69, 9.17) is 4.74 Å². The molecule has 0 atom stereocenters. The van der Waals surface area contributed by atoms with Gasteiger partial charge in [-0.1, -0.05) is 6.07 Å². The highest BCUT2D eigenvalue weighted by atomic mass is 16.5. The Morgan fingerprint density at radius 3 is 2.56 bits per heavy atom. The molecule has 0 aliphatic carbocycles. The van der Waals surface area contributed by atoms with Gasteiger partial charge in [0, 0.05) is 25.3 Å². The molecule has 1 amide bonds. The molecule has 2 aliphatic rings. The number of ether oxygens (including phenoxy) is 1. The van der Waals surface area contributed by atoms with Crippen LogP contribution >= 0.6 is 0 Å². The van der Waals surface area contributed by atoms with Crippen LogP contribution in [0.2, 0.25) is 0 Å². The van der Waals surface area contributed by atoms with Gasteiger partial charge in [-0.2, -0.15) is 5.10 Å². The lowest BCUT2D eigenvalue weighted by Crippen LogP contribution is -2.58. The molecule has 2 aliphatic heterocycles. The summed E-state index contributed by atoms with van der Waals surface area (Å²) in [4.78, 5) is 21.4. The number of carbonyl (C=O) groups is 1. The quantitative estimate of drug-likeness (QED) is 0.808. The zero-order chi connectivity index (χ0) is 18.9. The molecule has 2 fully saturated rings. The third kappa shape index (κ3) is 3.78. The number of hydrogen-bond donors (Lipinski definition) is 0. The minimum atomic E-state index is -0.271. The summed E-state index contributed by atoms with van der Waals surface area (Å²) in [5.41, 5.74) is 2.02. The lowest BCUT2D eigenvalue weighted by Gasteiger charge is -2.47. The summed E-state index contributed by atoms with van der Waals surface area (Å²) in [6.45, 7) is 7.35. The molecule has 0 saturated carbocycles. The Morgan fingerprint density at radius 1 is 1.04 bits per heavy atom. The van der Waals surface area contributed by atoms with Crippen molar-refractivity contribution in [1.82, 2.24) is 20.1 Å². The smallest absolute Gasteiger partial charge is 0.272 e. The topological polar surface area (TPSA) is 71.5 Å². The molecule has 7 nitrogen and oxygen atoms in total. The molecule has 4 rings (SSSR count). The van der Waals surface area contributed by atoms with Gasteiger partial charge in [0.25, 0.3) is 5.91 Å². The molecule has 0 N–H and O–H groups in total. The second-order valence-corrected chi connectivity index (χ2v) is 7.44. The van der Waals surface area contributed by atoms with Gasteiger partial charge in [-0.3, -0.25) is 4.79 Å². The van der Waals surface area contributed by atoms with Crippen molar-refractivity contribution in [2.75, 3.05) is 37.7 Å². The fourth-order valence-electron chi connectivity index (χ4n) is 3.85. The Hall–Kier alpha value is -2.54. The molecular weight excluding hydrogens is 342 g/mol. The van der Waals surface area contributed by atoms with Crippen LogP contribution in [-0.4, -0.2) is 64.4 Å². The van der Waals surface area contributed by atoms with Gasteiger partial charge >= 0.3 is 0 Å². The average Bonchev–Trinajstić information content (AvgIpc) is 2.69. The first-order valence-electron chi connectivity index (χ1n) is 9.47. The normalized spacial score (nSPS) is 19.3. The van der Waals surface area contributed by atoms with Crippen molar-refractivity contribution in [1.29, 1.82) is 0 Å². The maximum Gasteiger partial charge on any atom is 0.272 e. The van der Waals surface area contributed by atoms with E-state index in [1.165, 1.54) is 0 Å². The Bertz CT molecular complexity index is 815. The predicted octanol–water partition coefficient (Wildman–Crippen LogP) is 2.00. The number of aromatic nitrogens is 3. The SMILES string of the molecule is Cc1ccc(N2CCC3(CC2)CN(C(=O)c2cccc(C)n2)CCO3)nn1. The fraction of sp³-hybridized carbons (Fsp3) is 0.500. The van der Waals surface area contributed by atoms with Crippen LogP contribution in [0.1, 0.15) is 34.7 Å². The molecule has 2 aromatic heterocycles. The summed E-state index contributed by atoms with van der Waals surface area (Å²) >= 11 is 0. The summed E-state index contributed by atoms with van der Waals surface area (Å²) in [5, 5.41) is 8.44. The number of piperidine rings is 1. The zero-order valence-electron chi connectivity index (χ0n) is 15.9. The van der Waals surface area contributed by atoms with E-state index in [2.05, 4.69) is 20.1 Å². The van der Waals surface area contributed by atoms with E-state index >= 15 is 0 Å². The van der Waals surface area contributed by atoms with Gasteiger partial charge in [-0.25, -0.2) is 4.98 Å². The minimum Gasteiger partial charge on any atom is -0.371 e. The summed E-state index contributed by atoms with van der Waals surface area (Å²) in [5.74, 6) is 0.899. The largest absolute Gasteiger partial charge is 0.371 e. The molecule has 0 aromatic carbocycles. The highest BCUT2D eigenvalue weighted by Gasteiger charge is 2.41. The average molecular weight is 367 g/mol. The Labute approximate surface area is 159 Å². The molecule has 0 unspecified atom stereocenters. The Morgan fingerprint density at radius 2 is 1.85 bits per heavy atom. The van der Waals surface area contributed by atoms with Gasteiger partial charge in [0.1, 0.15) is 5.69 Å². The number of pyridine rings is 1. The number of hydrogen-bond acceptors (Lipinski definition) is 6. The lowest BCUT2D eigenvalue weighted by molar-refractivity contribution is -0.111. The molecule has 0 bridgehead atoms. The number of carbonyl (C=O) groups excluding carboxylic acids is 1. The van der Waals surface area contributed by atoms with Crippen molar-refractivity contribution >= 4 is 11.7 Å². The van der Waals surface area contributed by atoms with Crippen LogP contribution in [0.25, 0.3) is 0 Å². The van der Waals surface area contributed by atoms with Crippen molar-refractivity contribution < 1.29 is 9.53 Å². The summed E-state index contributed by atoms with van der Waals surface area (Å²) < 4.78 is 6.17. The molecule has 1 spiro atoms. The van der Waals surface area contributed by atoms with Gasteiger partial charge in [0.05, 0.1) is 24.4 Å². The lowest BCUT2D eigenvalue weighted by atomic mass is 9.89. The third-order valence-corrected chi connectivity index (χ3v) is 5.43. The minimum absolute atomic E-state index is 0.00629. The van der Waals surface area contributed by atoms with Gasteiger partial charge in [0.15, 0.2) is 5.82 Å². The molecular formula is C20H25N5O2. The Balaban J connectivity index is 1.42. The van der Waals surface area contributed by atoms with E-state index in [1.807, 2.05) is 43.0 Å². The van der Waals surface area contributed by atoms with Crippen molar-refractivity contribution in [3.63, 3.8) is 0 Å². The number of morpholine rings is 1. The second-order valence-electron chi connectivity index (χ2n) is 7.44. The van der Waals surface area contributed by atoms with Crippen LogP contribution in [-0.2, 0) is 4.74 Å². The maximum atomic E-state index is 12.9.